The highest BCUT2D eigenvalue weighted by Gasteiger charge is 2.48. The average Bonchev–Trinajstić information content (AvgIpc) is 2.37. The van der Waals surface area contributed by atoms with Gasteiger partial charge in [0.1, 0.15) is 5.41 Å². The number of amides is 1. The van der Waals surface area contributed by atoms with Crippen LogP contribution in [0.3, 0.4) is 0 Å². The number of hydrogen-bond acceptors (Lipinski definition) is 2. The predicted octanol–water partition coefficient (Wildman–Crippen LogP) is 3.59. The summed E-state index contributed by atoms with van der Waals surface area (Å²) in [7, 11) is 0. The Hall–Kier alpha value is -1.24. The molecule has 1 aliphatic carbocycles. The molecule has 106 valence electrons. The Kier molecular flexibility index (Phi) is 4.57. The van der Waals surface area contributed by atoms with E-state index in [2.05, 4.69) is 18.3 Å². The van der Waals surface area contributed by atoms with E-state index in [1.54, 1.807) is 12.1 Å². The summed E-state index contributed by atoms with van der Waals surface area (Å²) in [6, 6.07) is 7.46. The number of nitriles is 1. The van der Waals surface area contributed by atoms with Gasteiger partial charge >= 0.3 is 0 Å². The van der Waals surface area contributed by atoms with Gasteiger partial charge in [0.2, 0.25) is 5.91 Å². The van der Waals surface area contributed by atoms with E-state index in [4.69, 9.17) is 28.5 Å². The quantitative estimate of drug-likeness (QED) is 0.924. The first-order valence-corrected chi connectivity index (χ1v) is 7.36. The molecule has 0 spiro atoms. The zero-order valence-corrected chi connectivity index (χ0v) is 12.8. The first kappa shape index (κ1) is 15.2. The zero-order valence-electron chi connectivity index (χ0n) is 11.2. The van der Waals surface area contributed by atoms with Gasteiger partial charge in [0.05, 0.1) is 6.07 Å². The van der Waals surface area contributed by atoms with Gasteiger partial charge in [0.15, 0.2) is 0 Å². The van der Waals surface area contributed by atoms with Gasteiger partial charge in [-0.25, -0.2) is 0 Å². The molecule has 0 heterocycles. The fourth-order valence-corrected chi connectivity index (χ4v) is 3.16. The third-order valence-electron chi connectivity index (χ3n) is 3.74. The fraction of sp³-hybridized carbons (Fsp3) is 0.467. The first-order chi connectivity index (χ1) is 9.47. The van der Waals surface area contributed by atoms with Crippen LogP contribution in [0.2, 0.25) is 10.0 Å². The van der Waals surface area contributed by atoms with E-state index in [0.29, 0.717) is 41.8 Å². The number of carbonyl (C=O) groups excluding carboxylic acids is 1. The molecule has 0 saturated heterocycles. The van der Waals surface area contributed by atoms with E-state index in [9.17, 15) is 4.79 Å². The maximum atomic E-state index is 12.1. The van der Waals surface area contributed by atoms with Crippen LogP contribution in [0.25, 0.3) is 0 Å². The van der Waals surface area contributed by atoms with Gasteiger partial charge in [0.25, 0.3) is 0 Å². The van der Waals surface area contributed by atoms with Crippen molar-refractivity contribution in [2.75, 3.05) is 6.54 Å². The summed E-state index contributed by atoms with van der Waals surface area (Å²) in [6.45, 7) is 2.52. The van der Waals surface area contributed by atoms with E-state index in [1.165, 1.54) is 0 Å². The van der Waals surface area contributed by atoms with Gasteiger partial charge in [-0.2, -0.15) is 5.26 Å². The number of carbonyl (C=O) groups is 1. The van der Waals surface area contributed by atoms with Crippen LogP contribution in [-0.2, 0) is 11.2 Å². The molecular weight excluding hydrogens is 295 g/mol. The molecule has 0 atom stereocenters. The summed E-state index contributed by atoms with van der Waals surface area (Å²) >= 11 is 11.9. The highest BCUT2D eigenvalue weighted by atomic mass is 35.5. The van der Waals surface area contributed by atoms with Crippen molar-refractivity contribution in [3.8, 4) is 6.07 Å². The van der Waals surface area contributed by atoms with Crippen molar-refractivity contribution >= 4 is 29.1 Å². The smallest absolute Gasteiger partial charge is 0.240 e. The monoisotopic (exact) mass is 310 g/mol. The Bertz CT molecular complexity index is 559. The van der Waals surface area contributed by atoms with Crippen LogP contribution < -0.4 is 5.32 Å². The van der Waals surface area contributed by atoms with Crippen LogP contribution in [0.1, 0.15) is 25.3 Å². The van der Waals surface area contributed by atoms with Crippen molar-refractivity contribution in [3.05, 3.63) is 33.8 Å². The van der Waals surface area contributed by atoms with Crippen LogP contribution in [-0.4, -0.2) is 12.5 Å². The Labute approximate surface area is 128 Å². The molecule has 1 N–H and O–H groups in total. The average molecular weight is 311 g/mol. The molecule has 1 saturated carbocycles. The molecule has 1 aromatic carbocycles. The number of rotatable bonds is 4. The molecular formula is C15H16Cl2N2O. The van der Waals surface area contributed by atoms with Crippen LogP contribution in [0.5, 0.6) is 0 Å². The second kappa shape index (κ2) is 6.03. The Balaban J connectivity index is 1.87. The van der Waals surface area contributed by atoms with Crippen molar-refractivity contribution in [1.82, 2.24) is 5.32 Å². The van der Waals surface area contributed by atoms with Crippen molar-refractivity contribution in [3.63, 3.8) is 0 Å². The van der Waals surface area contributed by atoms with E-state index < -0.39 is 5.41 Å². The van der Waals surface area contributed by atoms with Crippen LogP contribution in [0, 0.1) is 22.7 Å². The number of benzene rings is 1. The van der Waals surface area contributed by atoms with E-state index >= 15 is 0 Å². The highest BCUT2D eigenvalue weighted by Crippen LogP contribution is 2.45. The lowest BCUT2D eigenvalue weighted by atomic mass is 9.63. The molecule has 0 radical (unpaired) electrons. The molecule has 0 aromatic heterocycles. The summed E-state index contributed by atoms with van der Waals surface area (Å²) in [5.74, 6) is 0.286. The largest absolute Gasteiger partial charge is 0.354 e. The number of nitrogens with zero attached hydrogens (tertiary/aromatic N) is 1. The minimum atomic E-state index is -0.816. The number of nitrogens with one attached hydrogen (secondary N) is 1. The maximum Gasteiger partial charge on any atom is 0.240 e. The molecule has 1 aromatic rings. The normalized spacial score (nSPS) is 24.6. The summed E-state index contributed by atoms with van der Waals surface area (Å²) < 4.78 is 0. The minimum absolute atomic E-state index is 0.164. The third kappa shape index (κ3) is 3.08. The van der Waals surface area contributed by atoms with Crippen LogP contribution in [0.4, 0.5) is 0 Å². The number of hydrogen-bond donors (Lipinski definition) is 1. The molecule has 2 rings (SSSR count). The first-order valence-electron chi connectivity index (χ1n) is 6.60. The predicted molar refractivity (Wildman–Crippen MR) is 79.6 cm³/mol. The fourth-order valence-electron chi connectivity index (χ4n) is 2.66. The standard InChI is InChI=1S/C15H16Cl2N2O/c1-10-7-15(8-10,9-18)14(20)19-5-4-11-2-3-12(16)6-13(11)17/h2-3,6,10H,4-5,7-8H2,1H3,(H,19,20). The molecule has 5 heteroatoms. The molecule has 1 fully saturated rings. The second-order valence-electron chi connectivity index (χ2n) is 5.45. The van der Waals surface area contributed by atoms with Crippen molar-refractivity contribution in [2.45, 2.75) is 26.2 Å². The lowest BCUT2D eigenvalue weighted by molar-refractivity contribution is -0.133. The summed E-state index contributed by atoms with van der Waals surface area (Å²) in [4.78, 5) is 12.1. The summed E-state index contributed by atoms with van der Waals surface area (Å²) in [5, 5.41) is 13.2. The van der Waals surface area contributed by atoms with Gasteiger partial charge in [-0.1, -0.05) is 36.2 Å². The van der Waals surface area contributed by atoms with E-state index in [0.717, 1.165) is 5.56 Å². The SMILES string of the molecule is CC1CC(C#N)(C(=O)NCCc2ccc(Cl)cc2Cl)C1. The molecule has 3 nitrogen and oxygen atoms in total. The molecule has 0 aliphatic heterocycles. The molecule has 0 unspecified atom stereocenters. The van der Waals surface area contributed by atoms with Gasteiger partial charge < -0.3 is 5.32 Å². The summed E-state index contributed by atoms with van der Waals surface area (Å²) in [5.41, 5.74) is 0.118. The van der Waals surface area contributed by atoms with Gasteiger partial charge in [-0.3, -0.25) is 4.79 Å². The van der Waals surface area contributed by atoms with Crippen molar-refractivity contribution in [2.24, 2.45) is 11.3 Å². The maximum absolute atomic E-state index is 12.1. The Morgan fingerprint density at radius 3 is 2.75 bits per heavy atom. The topological polar surface area (TPSA) is 52.9 Å². The molecule has 0 bridgehead atoms. The number of halogens is 2. The minimum Gasteiger partial charge on any atom is -0.354 e. The van der Waals surface area contributed by atoms with Gasteiger partial charge in [-0.05, 0) is 42.9 Å². The lowest BCUT2D eigenvalue weighted by Gasteiger charge is -2.39. The Morgan fingerprint density at radius 2 is 2.20 bits per heavy atom. The molecule has 1 aliphatic rings. The summed E-state index contributed by atoms with van der Waals surface area (Å²) in [6.07, 6.45) is 1.92. The molecule has 20 heavy (non-hydrogen) atoms. The second-order valence-corrected chi connectivity index (χ2v) is 6.29. The molecule has 1 amide bonds. The van der Waals surface area contributed by atoms with Crippen LogP contribution in [0.15, 0.2) is 18.2 Å². The van der Waals surface area contributed by atoms with E-state index in [-0.39, 0.29) is 5.91 Å². The lowest BCUT2D eigenvalue weighted by Crippen LogP contribution is -2.48. The third-order valence-corrected chi connectivity index (χ3v) is 4.32. The van der Waals surface area contributed by atoms with E-state index in [1.807, 2.05) is 6.07 Å². The van der Waals surface area contributed by atoms with Crippen molar-refractivity contribution in [1.29, 1.82) is 5.26 Å². The highest BCUT2D eigenvalue weighted by molar-refractivity contribution is 6.35. The Morgan fingerprint density at radius 1 is 1.50 bits per heavy atom. The van der Waals surface area contributed by atoms with Gasteiger partial charge in [-0.15, -0.1) is 0 Å². The van der Waals surface area contributed by atoms with Gasteiger partial charge in [0, 0.05) is 16.6 Å². The van der Waals surface area contributed by atoms with Crippen LogP contribution >= 0.6 is 23.2 Å². The zero-order chi connectivity index (χ0) is 14.8. The van der Waals surface area contributed by atoms with Crippen molar-refractivity contribution < 1.29 is 4.79 Å².